The van der Waals surface area contributed by atoms with Crippen LogP contribution in [0.5, 0.6) is 0 Å². The van der Waals surface area contributed by atoms with Gasteiger partial charge in [-0.05, 0) is 32.9 Å². The first kappa shape index (κ1) is 12.8. The molecule has 0 amide bonds. The van der Waals surface area contributed by atoms with Gasteiger partial charge in [0.05, 0.1) is 17.9 Å². The van der Waals surface area contributed by atoms with Crippen molar-refractivity contribution >= 4 is 0 Å². The molecule has 2 rings (SSSR count). The predicted molar refractivity (Wildman–Crippen MR) is 66.7 cm³/mol. The summed E-state index contributed by atoms with van der Waals surface area (Å²) < 4.78 is 10.7. The van der Waals surface area contributed by atoms with Crippen LogP contribution in [-0.4, -0.2) is 27.3 Å². The number of hydrogen-bond donors (Lipinski definition) is 2. The standard InChI is InChI=1S/C12H18N4O2/c1-12(2,3)17-7-8(13)11-15-10(16-18-11)9-5-4-6-14-9/h4-6,8,14H,7,13H2,1-3H3/t8-/m0/s1. The Bertz CT molecular complexity index is 484. The molecule has 0 saturated carbocycles. The number of H-pyrrole nitrogens is 1. The van der Waals surface area contributed by atoms with Gasteiger partial charge in [0.2, 0.25) is 11.7 Å². The SMILES string of the molecule is CC(C)(C)OC[C@H](N)c1nc(-c2ccc[nH]2)no1. The maximum Gasteiger partial charge on any atom is 0.246 e. The number of aromatic amines is 1. The fourth-order valence-corrected chi connectivity index (χ4v) is 1.38. The minimum absolute atomic E-state index is 0.236. The molecule has 0 radical (unpaired) electrons. The monoisotopic (exact) mass is 250 g/mol. The minimum atomic E-state index is -0.416. The molecular weight excluding hydrogens is 232 g/mol. The fourth-order valence-electron chi connectivity index (χ4n) is 1.38. The fraction of sp³-hybridized carbons (Fsp3) is 0.500. The van der Waals surface area contributed by atoms with Crippen molar-refractivity contribution in [1.29, 1.82) is 0 Å². The van der Waals surface area contributed by atoms with Crippen LogP contribution in [-0.2, 0) is 4.74 Å². The third-order valence-electron chi connectivity index (χ3n) is 2.29. The summed E-state index contributed by atoms with van der Waals surface area (Å²) in [5.41, 5.74) is 6.50. The van der Waals surface area contributed by atoms with Crippen molar-refractivity contribution in [1.82, 2.24) is 15.1 Å². The van der Waals surface area contributed by atoms with E-state index in [1.165, 1.54) is 0 Å². The van der Waals surface area contributed by atoms with Gasteiger partial charge in [-0.3, -0.25) is 0 Å². The topological polar surface area (TPSA) is 90.0 Å². The highest BCUT2D eigenvalue weighted by Crippen LogP contribution is 2.17. The van der Waals surface area contributed by atoms with Gasteiger partial charge in [-0.2, -0.15) is 4.98 Å². The van der Waals surface area contributed by atoms with Gasteiger partial charge in [-0.15, -0.1) is 0 Å². The minimum Gasteiger partial charge on any atom is -0.374 e. The van der Waals surface area contributed by atoms with Crippen molar-refractivity contribution in [3.8, 4) is 11.5 Å². The zero-order chi connectivity index (χ0) is 13.2. The summed E-state index contributed by atoms with van der Waals surface area (Å²) in [5, 5.41) is 3.87. The van der Waals surface area contributed by atoms with Crippen LogP contribution in [0.2, 0.25) is 0 Å². The molecule has 6 heteroatoms. The van der Waals surface area contributed by atoms with Crippen molar-refractivity contribution in [2.45, 2.75) is 32.4 Å². The molecule has 2 aromatic heterocycles. The lowest BCUT2D eigenvalue weighted by Crippen LogP contribution is -2.26. The Morgan fingerprint density at radius 2 is 2.28 bits per heavy atom. The number of aromatic nitrogens is 3. The van der Waals surface area contributed by atoms with E-state index < -0.39 is 6.04 Å². The van der Waals surface area contributed by atoms with Crippen LogP contribution in [0.3, 0.4) is 0 Å². The van der Waals surface area contributed by atoms with Gasteiger partial charge in [-0.1, -0.05) is 5.16 Å². The Balaban J connectivity index is 2.02. The Morgan fingerprint density at radius 3 is 2.89 bits per heavy atom. The van der Waals surface area contributed by atoms with Crippen LogP contribution in [0.15, 0.2) is 22.9 Å². The lowest BCUT2D eigenvalue weighted by Gasteiger charge is -2.20. The first-order valence-electron chi connectivity index (χ1n) is 5.82. The van der Waals surface area contributed by atoms with Gasteiger partial charge in [-0.25, -0.2) is 0 Å². The second-order valence-corrected chi connectivity index (χ2v) is 5.07. The summed E-state index contributed by atoms with van der Waals surface area (Å²) in [4.78, 5) is 7.24. The van der Waals surface area contributed by atoms with E-state index in [4.69, 9.17) is 15.0 Å². The number of rotatable bonds is 4. The lowest BCUT2D eigenvalue weighted by atomic mass is 10.2. The Morgan fingerprint density at radius 1 is 1.50 bits per heavy atom. The third kappa shape index (κ3) is 3.18. The third-order valence-corrected chi connectivity index (χ3v) is 2.29. The van der Waals surface area contributed by atoms with Crippen LogP contribution in [0.4, 0.5) is 0 Å². The molecule has 0 unspecified atom stereocenters. The zero-order valence-corrected chi connectivity index (χ0v) is 10.8. The number of nitrogens with two attached hydrogens (primary N) is 1. The number of ether oxygens (including phenoxy) is 1. The van der Waals surface area contributed by atoms with Crippen LogP contribution >= 0.6 is 0 Å². The normalized spacial score (nSPS) is 13.8. The molecule has 3 N–H and O–H groups in total. The van der Waals surface area contributed by atoms with Crippen molar-refractivity contribution < 1.29 is 9.26 Å². The highest BCUT2D eigenvalue weighted by molar-refractivity contribution is 5.47. The molecular formula is C12H18N4O2. The van der Waals surface area contributed by atoms with Crippen LogP contribution < -0.4 is 5.73 Å². The van der Waals surface area contributed by atoms with Crippen molar-refractivity contribution in [3.05, 3.63) is 24.2 Å². The van der Waals surface area contributed by atoms with E-state index >= 15 is 0 Å². The highest BCUT2D eigenvalue weighted by atomic mass is 16.5. The molecule has 0 aliphatic rings. The first-order chi connectivity index (χ1) is 8.46. The van der Waals surface area contributed by atoms with E-state index in [1.807, 2.05) is 32.9 Å². The number of nitrogens with zero attached hydrogens (tertiary/aromatic N) is 2. The summed E-state index contributed by atoms with van der Waals surface area (Å²) in [5.74, 6) is 0.880. The molecule has 0 bridgehead atoms. The van der Waals surface area contributed by atoms with E-state index in [1.54, 1.807) is 6.20 Å². The van der Waals surface area contributed by atoms with Gasteiger partial charge in [0.1, 0.15) is 6.04 Å². The molecule has 2 heterocycles. The van der Waals surface area contributed by atoms with Gasteiger partial charge >= 0.3 is 0 Å². The average molecular weight is 250 g/mol. The molecule has 0 saturated heterocycles. The van der Waals surface area contributed by atoms with Crippen LogP contribution in [0, 0.1) is 0 Å². The van der Waals surface area contributed by atoms with E-state index in [0.29, 0.717) is 18.3 Å². The van der Waals surface area contributed by atoms with E-state index in [0.717, 1.165) is 5.69 Å². The number of nitrogens with one attached hydrogen (secondary N) is 1. The summed E-state index contributed by atoms with van der Waals surface area (Å²) >= 11 is 0. The molecule has 1 atom stereocenters. The Kier molecular flexibility index (Phi) is 3.49. The number of hydrogen-bond acceptors (Lipinski definition) is 5. The lowest BCUT2D eigenvalue weighted by molar-refractivity contribution is -0.0134. The molecule has 0 aliphatic carbocycles. The summed E-state index contributed by atoms with van der Waals surface area (Å²) in [6.45, 7) is 6.25. The maximum absolute atomic E-state index is 5.94. The quantitative estimate of drug-likeness (QED) is 0.864. The Hall–Kier alpha value is -1.66. The highest BCUT2D eigenvalue weighted by Gasteiger charge is 2.19. The second-order valence-electron chi connectivity index (χ2n) is 5.07. The van der Waals surface area contributed by atoms with Gasteiger partial charge in [0.15, 0.2) is 0 Å². The smallest absolute Gasteiger partial charge is 0.246 e. The van der Waals surface area contributed by atoms with Crippen molar-refractivity contribution in [2.75, 3.05) is 6.61 Å². The van der Waals surface area contributed by atoms with E-state index in [2.05, 4.69) is 15.1 Å². The first-order valence-corrected chi connectivity index (χ1v) is 5.82. The molecule has 0 spiro atoms. The maximum atomic E-state index is 5.94. The van der Waals surface area contributed by atoms with Gasteiger partial charge in [0, 0.05) is 6.20 Å². The molecule has 2 aromatic rings. The molecule has 0 aliphatic heterocycles. The van der Waals surface area contributed by atoms with Crippen molar-refractivity contribution in [2.24, 2.45) is 5.73 Å². The van der Waals surface area contributed by atoms with Gasteiger partial charge in [0.25, 0.3) is 0 Å². The zero-order valence-electron chi connectivity index (χ0n) is 10.8. The molecule has 98 valence electrons. The summed E-state index contributed by atoms with van der Waals surface area (Å²) in [6, 6.07) is 3.32. The molecule has 6 nitrogen and oxygen atoms in total. The average Bonchev–Trinajstić information content (AvgIpc) is 2.94. The molecule has 18 heavy (non-hydrogen) atoms. The largest absolute Gasteiger partial charge is 0.374 e. The molecule has 0 fully saturated rings. The van der Waals surface area contributed by atoms with E-state index in [9.17, 15) is 0 Å². The second kappa shape index (κ2) is 4.91. The van der Waals surface area contributed by atoms with Crippen LogP contribution in [0.25, 0.3) is 11.5 Å². The van der Waals surface area contributed by atoms with E-state index in [-0.39, 0.29) is 5.60 Å². The Labute approximate surface area is 106 Å². The van der Waals surface area contributed by atoms with Crippen LogP contribution in [0.1, 0.15) is 32.7 Å². The predicted octanol–water partition coefficient (Wildman–Crippen LogP) is 1.88. The molecule has 0 aromatic carbocycles. The summed E-state index contributed by atoms with van der Waals surface area (Å²) in [7, 11) is 0. The van der Waals surface area contributed by atoms with Crippen molar-refractivity contribution in [3.63, 3.8) is 0 Å². The van der Waals surface area contributed by atoms with Gasteiger partial charge < -0.3 is 20.0 Å². The summed E-state index contributed by atoms with van der Waals surface area (Å²) in [6.07, 6.45) is 1.80.